The number of hydrogen-bond donors (Lipinski definition) is 1. The van der Waals surface area contributed by atoms with Gasteiger partial charge in [-0.3, -0.25) is 0 Å². The van der Waals surface area contributed by atoms with Crippen molar-refractivity contribution < 1.29 is 12.8 Å². The summed E-state index contributed by atoms with van der Waals surface area (Å²) in [7, 11) is -1.23. The first-order valence-corrected chi connectivity index (χ1v) is 13.7. The summed E-state index contributed by atoms with van der Waals surface area (Å²) in [4.78, 5) is 0. The highest BCUT2D eigenvalue weighted by Crippen LogP contribution is 2.39. The lowest BCUT2D eigenvalue weighted by Gasteiger charge is -2.38. The number of benzene rings is 2. The first kappa shape index (κ1) is 22.8. The Kier molecular flexibility index (Phi) is 6.43. The zero-order chi connectivity index (χ0) is 23.0. The molecule has 176 valence electrons. The smallest absolute Gasteiger partial charge is 0.217 e. The molecule has 2 unspecified atom stereocenters. The van der Waals surface area contributed by atoms with E-state index in [1.165, 1.54) is 35.6 Å². The Hall–Kier alpha value is -2.02. The van der Waals surface area contributed by atoms with Crippen molar-refractivity contribution in [2.24, 2.45) is 5.92 Å². The standard InChI is InChI=1S/C27H33FN2O2S/c1-29-27-16-22-11-10-21(15-25(22)26(27)14-20-6-4-7-24(28)13-20)23-17-30(18-23)33(31,32)12-3-2-5-19-8-9-19/h2-4,6-7,10-11,13,15,19,23,26-27,29H,5,8-9,12,14,16-18H2,1H3. The minimum atomic E-state index is -3.22. The predicted octanol–water partition coefficient (Wildman–Crippen LogP) is 4.38. The van der Waals surface area contributed by atoms with Crippen molar-refractivity contribution in [1.29, 1.82) is 0 Å². The van der Waals surface area contributed by atoms with Crippen LogP contribution in [0.25, 0.3) is 0 Å². The molecule has 1 N–H and O–H groups in total. The maximum atomic E-state index is 13.7. The fraction of sp³-hybridized carbons (Fsp3) is 0.481. The van der Waals surface area contributed by atoms with E-state index < -0.39 is 10.0 Å². The van der Waals surface area contributed by atoms with Gasteiger partial charge in [0.2, 0.25) is 10.0 Å². The van der Waals surface area contributed by atoms with Gasteiger partial charge in [-0.2, -0.15) is 0 Å². The van der Waals surface area contributed by atoms with E-state index in [2.05, 4.69) is 23.5 Å². The van der Waals surface area contributed by atoms with E-state index in [1.54, 1.807) is 16.4 Å². The molecule has 5 rings (SSSR count). The number of halogens is 1. The Morgan fingerprint density at radius 2 is 1.94 bits per heavy atom. The zero-order valence-electron chi connectivity index (χ0n) is 19.2. The van der Waals surface area contributed by atoms with E-state index >= 15 is 0 Å². The van der Waals surface area contributed by atoms with Crippen LogP contribution < -0.4 is 5.32 Å². The third kappa shape index (κ3) is 5.08. The molecule has 1 aliphatic heterocycles. The van der Waals surface area contributed by atoms with Crippen molar-refractivity contribution in [2.45, 2.75) is 50.0 Å². The molecular weight excluding hydrogens is 435 g/mol. The Balaban J connectivity index is 1.25. The van der Waals surface area contributed by atoms with Crippen molar-refractivity contribution in [2.75, 3.05) is 25.9 Å². The fourth-order valence-corrected chi connectivity index (χ4v) is 6.69. The third-order valence-electron chi connectivity index (χ3n) is 7.56. The number of hydrogen-bond acceptors (Lipinski definition) is 3. The summed E-state index contributed by atoms with van der Waals surface area (Å²) in [6.07, 6.45) is 9.18. The second kappa shape index (κ2) is 9.32. The van der Waals surface area contributed by atoms with Gasteiger partial charge in [-0.15, -0.1) is 0 Å². The van der Waals surface area contributed by atoms with Gasteiger partial charge in [0.05, 0.1) is 5.75 Å². The molecule has 2 aliphatic carbocycles. The molecule has 2 aromatic carbocycles. The number of rotatable bonds is 9. The second-order valence-corrected chi connectivity index (χ2v) is 12.0. The molecule has 0 amide bonds. The van der Waals surface area contributed by atoms with E-state index in [9.17, 15) is 12.8 Å². The molecule has 33 heavy (non-hydrogen) atoms. The molecule has 1 saturated carbocycles. The molecule has 3 aliphatic rings. The first-order valence-electron chi connectivity index (χ1n) is 12.1. The number of sulfonamides is 1. The average Bonchev–Trinajstić information content (AvgIpc) is 3.52. The molecule has 2 atom stereocenters. The highest BCUT2D eigenvalue weighted by Gasteiger charge is 2.38. The molecule has 1 heterocycles. The monoisotopic (exact) mass is 468 g/mol. The van der Waals surface area contributed by atoms with E-state index in [-0.39, 0.29) is 23.4 Å². The van der Waals surface area contributed by atoms with Gasteiger partial charge in [0.15, 0.2) is 0 Å². The minimum Gasteiger partial charge on any atom is -0.316 e. The van der Waals surface area contributed by atoms with Gasteiger partial charge in [0.25, 0.3) is 0 Å². The average molecular weight is 469 g/mol. The van der Waals surface area contributed by atoms with E-state index in [1.807, 2.05) is 25.3 Å². The summed E-state index contributed by atoms with van der Waals surface area (Å²) < 4.78 is 40.6. The van der Waals surface area contributed by atoms with Crippen molar-refractivity contribution in [3.63, 3.8) is 0 Å². The van der Waals surface area contributed by atoms with Crippen molar-refractivity contribution in [1.82, 2.24) is 9.62 Å². The summed E-state index contributed by atoms with van der Waals surface area (Å²) in [5, 5.41) is 3.45. The van der Waals surface area contributed by atoms with Crippen LogP contribution in [-0.4, -0.2) is 44.7 Å². The van der Waals surface area contributed by atoms with Crippen molar-refractivity contribution in [3.05, 3.63) is 82.7 Å². The van der Waals surface area contributed by atoms with Crippen LogP contribution in [0.5, 0.6) is 0 Å². The molecule has 2 aromatic rings. The van der Waals surface area contributed by atoms with Crippen LogP contribution in [-0.2, 0) is 22.9 Å². The Bertz CT molecular complexity index is 1140. The van der Waals surface area contributed by atoms with Crippen LogP contribution in [0.3, 0.4) is 0 Å². The first-order chi connectivity index (χ1) is 15.9. The molecule has 6 heteroatoms. The molecule has 0 radical (unpaired) electrons. The van der Waals surface area contributed by atoms with Crippen LogP contribution >= 0.6 is 0 Å². The number of nitrogens with one attached hydrogen (secondary N) is 1. The summed E-state index contributed by atoms with van der Waals surface area (Å²) in [6, 6.07) is 13.8. The van der Waals surface area contributed by atoms with E-state index in [0.717, 1.165) is 30.7 Å². The summed E-state index contributed by atoms with van der Waals surface area (Å²) in [6.45, 7) is 1.11. The van der Waals surface area contributed by atoms with Crippen LogP contribution in [0.2, 0.25) is 0 Å². The normalized spacial score (nSPS) is 23.7. The topological polar surface area (TPSA) is 49.4 Å². The minimum absolute atomic E-state index is 0.107. The van der Waals surface area contributed by atoms with Crippen LogP contribution in [0.4, 0.5) is 4.39 Å². The highest BCUT2D eigenvalue weighted by atomic mass is 32.2. The van der Waals surface area contributed by atoms with Crippen LogP contribution in [0.1, 0.15) is 53.4 Å². The lowest BCUT2D eigenvalue weighted by molar-refractivity contribution is 0.265. The van der Waals surface area contributed by atoms with Gasteiger partial charge in [-0.05, 0) is 79.5 Å². The molecule has 0 aromatic heterocycles. The molecule has 1 saturated heterocycles. The highest BCUT2D eigenvalue weighted by molar-refractivity contribution is 7.89. The largest absolute Gasteiger partial charge is 0.316 e. The third-order valence-corrected chi connectivity index (χ3v) is 9.26. The van der Waals surface area contributed by atoms with Crippen molar-refractivity contribution >= 4 is 10.0 Å². The summed E-state index contributed by atoms with van der Waals surface area (Å²) >= 11 is 0. The number of likely N-dealkylation sites (N-methyl/N-ethyl adjacent to an activating group) is 1. The molecule has 0 bridgehead atoms. The van der Waals surface area contributed by atoms with E-state index in [0.29, 0.717) is 19.1 Å². The van der Waals surface area contributed by atoms with Gasteiger partial charge < -0.3 is 5.32 Å². The zero-order valence-corrected chi connectivity index (χ0v) is 20.0. The van der Waals surface area contributed by atoms with Crippen LogP contribution in [0.15, 0.2) is 54.6 Å². The molecule has 2 fully saturated rings. The SMILES string of the molecule is CNC1Cc2ccc(C3CN(S(=O)(=O)CC=CCC4CC4)C3)cc2C1Cc1cccc(F)c1. The number of nitrogens with zero attached hydrogens (tertiary/aromatic N) is 1. The predicted molar refractivity (Wildman–Crippen MR) is 130 cm³/mol. The van der Waals surface area contributed by atoms with Crippen molar-refractivity contribution in [3.8, 4) is 0 Å². The molecular formula is C27H33FN2O2S. The van der Waals surface area contributed by atoms with E-state index in [4.69, 9.17) is 0 Å². The molecule has 4 nitrogen and oxygen atoms in total. The Morgan fingerprint density at radius 3 is 2.67 bits per heavy atom. The summed E-state index contributed by atoms with van der Waals surface area (Å²) in [5.41, 5.74) is 4.88. The van der Waals surface area contributed by atoms with Gasteiger partial charge in [-0.1, -0.05) is 42.5 Å². The maximum absolute atomic E-state index is 13.7. The number of allylic oxidation sites excluding steroid dienone is 1. The quantitative estimate of drug-likeness (QED) is 0.556. The van der Waals surface area contributed by atoms with Gasteiger partial charge in [-0.25, -0.2) is 17.1 Å². The summed E-state index contributed by atoms with van der Waals surface area (Å²) in [5.74, 6) is 1.21. The second-order valence-electron chi connectivity index (χ2n) is 9.94. The van der Waals surface area contributed by atoms with Gasteiger partial charge in [0, 0.05) is 31.0 Å². The van der Waals surface area contributed by atoms with Crippen LogP contribution in [0, 0.1) is 11.7 Å². The lowest BCUT2D eigenvalue weighted by atomic mass is 9.87. The Labute approximate surface area is 196 Å². The Morgan fingerprint density at radius 1 is 1.12 bits per heavy atom. The molecule has 0 spiro atoms. The van der Waals surface area contributed by atoms with Gasteiger partial charge in [0.1, 0.15) is 5.82 Å². The maximum Gasteiger partial charge on any atom is 0.217 e. The fourth-order valence-electron chi connectivity index (χ4n) is 5.28. The number of fused-ring (bicyclic) bond motifs is 1. The lowest BCUT2D eigenvalue weighted by Crippen LogP contribution is -2.49. The van der Waals surface area contributed by atoms with Gasteiger partial charge >= 0.3 is 0 Å².